The monoisotopic (exact) mass is 398 g/mol. The molecule has 1 fully saturated rings. The van der Waals surface area contributed by atoms with Crippen LogP contribution in [0.15, 0.2) is 42.7 Å². The Kier molecular flexibility index (Phi) is 7.32. The van der Waals surface area contributed by atoms with Crippen LogP contribution in [0.5, 0.6) is 5.75 Å². The molecule has 0 radical (unpaired) electrons. The maximum Gasteiger partial charge on any atom is 0.248 e. The first-order valence-corrected chi connectivity index (χ1v) is 8.89. The number of nitrogens with one attached hydrogen (secondary N) is 2. The number of benzene rings is 1. The zero-order chi connectivity index (χ0) is 17.7. The van der Waals surface area contributed by atoms with Crippen molar-refractivity contribution in [3.63, 3.8) is 0 Å². The summed E-state index contributed by atoms with van der Waals surface area (Å²) >= 11 is 5.88. The molecule has 1 amide bonds. The molecule has 1 aliphatic heterocycles. The molecule has 0 spiro atoms. The lowest BCUT2D eigenvalue weighted by Gasteiger charge is -2.36. The molecule has 0 bridgehead atoms. The topological polar surface area (TPSA) is 68.2 Å². The normalized spacial score (nSPS) is 17.0. The van der Waals surface area contributed by atoms with Crippen molar-refractivity contribution in [3.8, 4) is 5.75 Å². The molecule has 26 heavy (non-hydrogen) atoms. The minimum Gasteiger partial charge on any atom is -0.489 e. The second-order valence-corrected chi connectivity index (χ2v) is 6.76. The fourth-order valence-electron chi connectivity index (χ4n) is 3.11. The molecule has 2 aromatic rings. The Hall–Kier alpha value is -1.76. The van der Waals surface area contributed by atoms with E-state index in [4.69, 9.17) is 16.3 Å². The van der Waals surface area contributed by atoms with Crippen LogP contribution in [0, 0.1) is 0 Å². The molecule has 8 heteroatoms. The number of halogens is 2. The van der Waals surface area contributed by atoms with Gasteiger partial charge in [-0.15, -0.1) is 12.4 Å². The van der Waals surface area contributed by atoms with E-state index >= 15 is 0 Å². The fraction of sp³-hybridized carbons (Fsp3) is 0.444. The molecule has 2 N–H and O–H groups in total. The van der Waals surface area contributed by atoms with Crippen LogP contribution in [0.4, 0.5) is 0 Å². The fourth-order valence-corrected chi connectivity index (χ4v) is 3.24. The Bertz CT molecular complexity index is 686. The maximum atomic E-state index is 12.9. The van der Waals surface area contributed by atoms with Gasteiger partial charge in [-0.25, -0.2) is 0 Å². The van der Waals surface area contributed by atoms with E-state index in [2.05, 4.69) is 15.7 Å². The number of hydrogen-bond acceptors (Lipinski definition) is 4. The van der Waals surface area contributed by atoms with Crippen molar-refractivity contribution >= 4 is 29.9 Å². The first kappa shape index (κ1) is 20.6. The van der Waals surface area contributed by atoms with Gasteiger partial charge in [0.15, 0.2) is 0 Å². The predicted octanol–water partition coefficient (Wildman–Crippen LogP) is 2.62. The van der Waals surface area contributed by atoms with Crippen molar-refractivity contribution in [1.82, 2.24) is 20.4 Å². The summed E-state index contributed by atoms with van der Waals surface area (Å²) in [5.41, 5.74) is -0.630. The highest BCUT2D eigenvalue weighted by atomic mass is 35.5. The lowest BCUT2D eigenvalue weighted by Crippen LogP contribution is -2.55. The van der Waals surface area contributed by atoms with Crippen LogP contribution in [-0.2, 0) is 10.3 Å². The Labute approximate surface area is 164 Å². The van der Waals surface area contributed by atoms with Crippen molar-refractivity contribution in [2.45, 2.75) is 31.4 Å². The predicted molar refractivity (Wildman–Crippen MR) is 104 cm³/mol. The first-order valence-electron chi connectivity index (χ1n) is 8.51. The van der Waals surface area contributed by atoms with Crippen LogP contribution in [0.1, 0.15) is 19.8 Å². The molecular formula is C18H24Cl2N4O2. The highest BCUT2D eigenvalue weighted by Gasteiger charge is 2.41. The van der Waals surface area contributed by atoms with Crippen molar-refractivity contribution in [2.24, 2.45) is 0 Å². The Balaban J connectivity index is 0.00000243. The number of aromatic nitrogens is 2. The summed E-state index contributed by atoms with van der Waals surface area (Å²) < 4.78 is 7.61. The Morgan fingerprint density at radius 1 is 1.38 bits per heavy atom. The van der Waals surface area contributed by atoms with Gasteiger partial charge >= 0.3 is 0 Å². The molecule has 142 valence electrons. The van der Waals surface area contributed by atoms with Crippen LogP contribution in [0.25, 0.3) is 0 Å². The molecule has 3 rings (SSSR count). The SMILES string of the molecule is CC(CNC(=O)C1(n2cccn2)CCNCC1)Oc1ccc(Cl)cc1.Cl. The quantitative estimate of drug-likeness (QED) is 0.784. The first-order chi connectivity index (χ1) is 12.1. The summed E-state index contributed by atoms with van der Waals surface area (Å²) in [5, 5.41) is 11.3. The average molecular weight is 399 g/mol. The van der Waals surface area contributed by atoms with E-state index < -0.39 is 5.54 Å². The third-order valence-corrected chi connectivity index (χ3v) is 4.75. The Morgan fingerprint density at radius 2 is 2.08 bits per heavy atom. The van der Waals surface area contributed by atoms with E-state index in [0.29, 0.717) is 24.4 Å². The number of rotatable bonds is 6. The van der Waals surface area contributed by atoms with Gasteiger partial charge in [0.2, 0.25) is 5.91 Å². The molecule has 1 aliphatic rings. The van der Waals surface area contributed by atoms with Crippen LogP contribution in [0.3, 0.4) is 0 Å². The van der Waals surface area contributed by atoms with Gasteiger partial charge in [-0.2, -0.15) is 5.10 Å². The van der Waals surface area contributed by atoms with Crippen molar-refractivity contribution in [1.29, 1.82) is 0 Å². The van der Waals surface area contributed by atoms with E-state index in [1.165, 1.54) is 0 Å². The van der Waals surface area contributed by atoms with Crippen LogP contribution < -0.4 is 15.4 Å². The van der Waals surface area contributed by atoms with E-state index in [1.807, 2.05) is 31.3 Å². The molecule has 1 aromatic carbocycles. The van der Waals surface area contributed by atoms with E-state index in [-0.39, 0.29) is 24.4 Å². The number of piperidine rings is 1. The summed E-state index contributed by atoms with van der Waals surface area (Å²) in [4.78, 5) is 12.9. The number of carbonyl (C=O) groups excluding carboxylic acids is 1. The number of carbonyl (C=O) groups is 1. The molecule has 1 unspecified atom stereocenters. The van der Waals surface area contributed by atoms with Gasteiger partial charge < -0.3 is 15.4 Å². The third-order valence-electron chi connectivity index (χ3n) is 4.50. The summed E-state index contributed by atoms with van der Waals surface area (Å²) in [7, 11) is 0. The zero-order valence-corrected chi connectivity index (χ0v) is 16.2. The van der Waals surface area contributed by atoms with Crippen molar-refractivity contribution < 1.29 is 9.53 Å². The molecule has 0 saturated carbocycles. The van der Waals surface area contributed by atoms with Crippen LogP contribution in [0.2, 0.25) is 5.02 Å². The van der Waals surface area contributed by atoms with E-state index in [9.17, 15) is 4.79 Å². The molecule has 0 aliphatic carbocycles. The highest BCUT2D eigenvalue weighted by molar-refractivity contribution is 6.30. The van der Waals surface area contributed by atoms with Crippen molar-refractivity contribution in [3.05, 3.63) is 47.7 Å². The number of ether oxygens (including phenoxy) is 1. The largest absolute Gasteiger partial charge is 0.489 e. The number of amides is 1. The Morgan fingerprint density at radius 3 is 2.69 bits per heavy atom. The molecule has 1 atom stereocenters. The van der Waals surface area contributed by atoms with Gasteiger partial charge in [-0.3, -0.25) is 9.48 Å². The van der Waals surface area contributed by atoms with E-state index in [0.717, 1.165) is 18.8 Å². The molecule has 6 nitrogen and oxygen atoms in total. The zero-order valence-electron chi connectivity index (χ0n) is 14.7. The average Bonchev–Trinajstić information content (AvgIpc) is 3.17. The van der Waals surface area contributed by atoms with Crippen molar-refractivity contribution in [2.75, 3.05) is 19.6 Å². The summed E-state index contributed by atoms with van der Waals surface area (Å²) in [6.07, 6.45) is 4.85. The van der Waals surface area contributed by atoms with Gasteiger partial charge in [0.05, 0.1) is 6.54 Å². The minimum absolute atomic E-state index is 0. The third kappa shape index (κ3) is 4.69. The molecule has 1 saturated heterocycles. The minimum atomic E-state index is -0.630. The number of nitrogens with zero attached hydrogens (tertiary/aromatic N) is 2. The lowest BCUT2D eigenvalue weighted by atomic mass is 9.87. The smallest absolute Gasteiger partial charge is 0.248 e. The standard InChI is InChI=1S/C18H23ClN4O2.ClH/c1-14(25-16-5-3-15(19)4-6-16)13-21-17(24)18(7-10-20-11-8-18)23-12-2-9-22-23;/h2-6,9,12,14,20H,7-8,10-11,13H2,1H3,(H,21,24);1H. The van der Waals surface area contributed by atoms with Crippen LogP contribution in [-0.4, -0.2) is 41.4 Å². The number of hydrogen-bond donors (Lipinski definition) is 2. The van der Waals surface area contributed by atoms with Gasteiger partial charge in [0.1, 0.15) is 17.4 Å². The summed E-state index contributed by atoms with van der Waals surface area (Å²) in [6.45, 7) is 3.95. The summed E-state index contributed by atoms with van der Waals surface area (Å²) in [5.74, 6) is 0.721. The second kappa shape index (κ2) is 9.26. The molecular weight excluding hydrogens is 375 g/mol. The van der Waals surface area contributed by atoms with Gasteiger partial charge in [-0.05, 0) is 63.2 Å². The van der Waals surface area contributed by atoms with E-state index in [1.54, 1.807) is 23.0 Å². The lowest BCUT2D eigenvalue weighted by molar-refractivity contribution is -0.132. The second-order valence-electron chi connectivity index (χ2n) is 6.32. The highest BCUT2D eigenvalue weighted by Crippen LogP contribution is 2.27. The van der Waals surface area contributed by atoms with Crippen LogP contribution >= 0.6 is 24.0 Å². The molecule has 2 heterocycles. The van der Waals surface area contributed by atoms with Gasteiger partial charge in [0, 0.05) is 17.4 Å². The van der Waals surface area contributed by atoms with Gasteiger partial charge in [-0.1, -0.05) is 11.6 Å². The van der Waals surface area contributed by atoms with Gasteiger partial charge in [0.25, 0.3) is 0 Å². The summed E-state index contributed by atoms with van der Waals surface area (Å²) in [6, 6.07) is 9.05. The maximum absolute atomic E-state index is 12.9. The molecule has 1 aromatic heterocycles.